The Morgan fingerprint density at radius 1 is 1.24 bits per heavy atom. The van der Waals surface area contributed by atoms with Crippen molar-refractivity contribution in [2.24, 2.45) is 5.92 Å². The fourth-order valence-corrected chi connectivity index (χ4v) is 2.88. The van der Waals surface area contributed by atoms with E-state index in [-0.39, 0.29) is 18.1 Å². The van der Waals surface area contributed by atoms with Crippen LogP contribution in [-0.4, -0.2) is 46.5 Å². The molecular weight excluding hydrogens is 372 g/mol. The number of hydrogen-bond donors (Lipinski definition) is 4. The molecule has 0 heterocycles. The Hall–Kier alpha value is -2.28. The van der Waals surface area contributed by atoms with Gasteiger partial charge in [-0.1, -0.05) is 32.4 Å². The normalized spacial score (nSPS) is 14.6. The van der Waals surface area contributed by atoms with E-state index in [4.69, 9.17) is 4.74 Å². The number of rotatable bonds is 10. The van der Waals surface area contributed by atoms with Gasteiger partial charge in [0.1, 0.15) is 11.4 Å². The Morgan fingerprint density at radius 2 is 1.93 bits per heavy atom. The van der Waals surface area contributed by atoms with E-state index in [1.807, 2.05) is 6.92 Å². The average molecular weight is 409 g/mol. The molecule has 1 aromatic rings. The molecule has 0 saturated heterocycles. The van der Waals surface area contributed by atoms with Crippen LogP contribution in [0.25, 0.3) is 0 Å². The van der Waals surface area contributed by atoms with E-state index in [0.717, 1.165) is 18.4 Å². The van der Waals surface area contributed by atoms with Crippen molar-refractivity contribution in [3.8, 4) is 5.75 Å². The van der Waals surface area contributed by atoms with Gasteiger partial charge in [0.25, 0.3) is 0 Å². The number of benzene rings is 1. The zero-order chi connectivity index (χ0) is 22.0. The average Bonchev–Trinajstić information content (AvgIpc) is 2.59. The van der Waals surface area contributed by atoms with E-state index in [9.17, 15) is 19.8 Å². The van der Waals surface area contributed by atoms with Gasteiger partial charge in [0.15, 0.2) is 0 Å². The summed E-state index contributed by atoms with van der Waals surface area (Å²) in [6, 6.07) is 5.97. The Morgan fingerprint density at radius 3 is 2.52 bits per heavy atom. The number of aromatic hydroxyl groups is 1. The maximum absolute atomic E-state index is 12.3. The quantitative estimate of drug-likeness (QED) is 0.445. The van der Waals surface area contributed by atoms with Gasteiger partial charge in [-0.15, -0.1) is 0 Å². The lowest BCUT2D eigenvalue weighted by Crippen LogP contribution is -2.48. The number of aliphatic hydroxyl groups is 1. The third kappa shape index (κ3) is 10.2. The van der Waals surface area contributed by atoms with Crippen LogP contribution in [0, 0.1) is 5.92 Å². The summed E-state index contributed by atoms with van der Waals surface area (Å²) in [6.07, 6.45) is 0.777. The molecule has 0 aliphatic carbocycles. The van der Waals surface area contributed by atoms with E-state index in [2.05, 4.69) is 10.6 Å². The number of carbonyl (C=O) groups is 2. The molecule has 29 heavy (non-hydrogen) atoms. The first-order valence-corrected chi connectivity index (χ1v) is 10.2. The van der Waals surface area contributed by atoms with Crippen LogP contribution in [0.2, 0.25) is 0 Å². The number of ether oxygens (including phenoxy) is 1. The lowest BCUT2D eigenvalue weighted by Gasteiger charge is -2.28. The van der Waals surface area contributed by atoms with Crippen LogP contribution >= 0.6 is 0 Å². The number of carbonyl (C=O) groups excluding carboxylic acids is 2. The zero-order valence-electron chi connectivity index (χ0n) is 18.2. The molecule has 4 N–H and O–H groups in total. The van der Waals surface area contributed by atoms with Crippen LogP contribution in [0.5, 0.6) is 5.75 Å². The Bertz CT molecular complexity index is 657. The van der Waals surface area contributed by atoms with E-state index in [0.29, 0.717) is 13.0 Å². The van der Waals surface area contributed by atoms with Crippen LogP contribution < -0.4 is 10.6 Å². The van der Waals surface area contributed by atoms with Crippen molar-refractivity contribution in [1.82, 2.24) is 10.6 Å². The monoisotopic (exact) mass is 408 g/mol. The molecule has 7 nitrogen and oxygen atoms in total. The topological polar surface area (TPSA) is 108 Å². The van der Waals surface area contributed by atoms with E-state index >= 15 is 0 Å². The largest absolute Gasteiger partial charge is 0.508 e. The van der Waals surface area contributed by atoms with Crippen LogP contribution in [0.15, 0.2) is 24.3 Å². The fraction of sp³-hybridized carbons (Fsp3) is 0.636. The lowest BCUT2D eigenvalue weighted by atomic mass is 9.93. The van der Waals surface area contributed by atoms with Crippen molar-refractivity contribution < 1.29 is 24.5 Å². The van der Waals surface area contributed by atoms with E-state index in [1.165, 1.54) is 0 Å². The van der Waals surface area contributed by atoms with E-state index in [1.54, 1.807) is 52.0 Å². The predicted molar refractivity (Wildman–Crippen MR) is 113 cm³/mol. The summed E-state index contributed by atoms with van der Waals surface area (Å²) in [7, 11) is 0. The van der Waals surface area contributed by atoms with Crippen LogP contribution in [0.4, 0.5) is 4.79 Å². The smallest absolute Gasteiger partial charge is 0.407 e. The van der Waals surface area contributed by atoms with Crippen molar-refractivity contribution in [2.45, 2.75) is 78.0 Å². The molecule has 0 aliphatic heterocycles. The van der Waals surface area contributed by atoms with Crippen LogP contribution in [-0.2, 0) is 16.0 Å². The van der Waals surface area contributed by atoms with Gasteiger partial charge in [-0.2, -0.15) is 0 Å². The fourth-order valence-electron chi connectivity index (χ4n) is 2.88. The minimum Gasteiger partial charge on any atom is -0.508 e. The summed E-state index contributed by atoms with van der Waals surface area (Å²) in [6.45, 7) is 9.69. The molecular formula is C22H36N2O5. The second kappa shape index (κ2) is 11.7. The third-order valence-electron chi connectivity index (χ3n) is 4.40. The minimum atomic E-state index is -0.961. The number of phenols is 1. The summed E-state index contributed by atoms with van der Waals surface area (Å²) >= 11 is 0. The zero-order valence-corrected chi connectivity index (χ0v) is 18.2. The molecule has 0 fully saturated rings. The molecule has 7 heteroatoms. The number of phenolic OH excluding ortho intramolecular Hbond substituents is 1. The molecule has 0 bridgehead atoms. The first-order chi connectivity index (χ1) is 13.5. The summed E-state index contributed by atoms with van der Waals surface area (Å²) in [5.74, 6) is -0.420. The standard InChI is InChI=1S/C22H36N2O5/c1-6-7-11-23-20(27)15(2)12-19(26)18(24-21(28)29-22(3,4)5)14-16-9-8-10-17(25)13-16/h8-10,13,15,18-19,25-26H,6-7,11-12,14H2,1-5H3,(H,23,27)(H,24,28)/t15-,18-,19+/m0/s1. The number of amides is 2. The number of nitrogens with one attached hydrogen (secondary N) is 2. The lowest BCUT2D eigenvalue weighted by molar-refractivity contribution is -0.125. The van der Waals surface area contributed by atoms with Crippen LogP contribution in [0.3, 0.4) is 0 Å². The van der Waals surface area contributed by atoms with Gasteiger partial charge < -0.3 is 25.6 Å². The summed E-state index contributed by atoms with van der Waals surface area (Å²) in [5.41, 5.74) is 0.0852. The van der Waals surface area contributed by atoms with Gasteiger partial charge >= 0.3 is 6.09 Å². The first-order valence-electron chi connectivity index (χ1n) is 10.2. The molecule has 2 amide bonds. The number of unbranched alkanes of at least 4 members (excludes halogenated alkanes) is 1. The van der Waals surface area contributed by atoms with Gasteiger partial charge in [0.2, 0.25) is 5.91 Å². The highest BCUT2D eigenvalue weighted by Gasteiger charge is 2.28. The molecule has 0 radical (unpaired) electrons. The molecule has 0 aromatic heterocycles. The molecule has 1 aromatic carbocycles. The Kier molecular flexibility index (Phi) is 9.95. The molecule has 3 atom stereocenters. The Labute approximate surface area is 173 Å². The highest BCUT2D eigenvalue weighted by Crippen LogP contribution is 2.18. The molecule has 1 rings (SSSR count). The van der Waals surface area contributed by atoms with Crippen molar-refractivity contribution in [3.05, 3.63) is 29.8 Å². The minimum absolute atomic E-state index is 0.108. The van der Waals surface area contributed by atoms with Crippen LogP contribution in [0.1, 0.15) is 59.4 Å². The molecule has 0 aliphatic rings. The number of alkyl carbamates (subject to hydrolysis) is 1. The molecule has 164 valence electrons. The summed E-state index contributed by atoms with van der Waals surface area (Å²) in [5, 5.41) is 26.0. The summed E-state index contributed by atoms with van der Waals surface area (Å²) in [4.78, 5) is 24.5. The SMILES string of the molecule is CCCCNC(=O)[C@@H](C)C[C@@H](O)[C@H](Cc1cccc(O)c1)NC(=O)OC(C)(C)C. The number of aliphatic hydroxyl groups excluding tert-OH is 1. The second-order valence-electron chi connectivity index (χ2n) is 8.48. The van der Waals surface area contributed by atoms with Gasteiger partial charge in [0, 0.05) is 12.5 Å². The Balaban J connectivity index is 2.82. The first kappa shape index (κ1) is 24.8. The predicted octanol–water partition coefficient (Wildman–Crippen LogP) is 3.13. The van der Waals surface area contributed by atoms with Gasteiger partial charge in [-0.05, 0) is 57.7 Å². The van der Waals surface area contributed by atoms with Gasteiger partial charge in [-0.25, -0.2) is 4.79 Å². The molecule has 0 spiro atoms. The van der Waals surface area contributed by atoms with Gasteiger partial charge in [0.05, 0.1) is 12.1 Å². The van der Waals surface area contributed by atoms with Crippen molar-refractivity contribution in [3.63, 3.8) is 0 Å². The van der Waals surface area contributed by atoms with E-state index < -0.39 is 29.8 Å². The molecule has 0 saturated carbocycles. The highest BCUT2D eigenvalue weighted by molar-refractivity contribution is 5.78. The maximum atomic E-state index is 12.3. The van der Waals surface area contributed by atoms with Crippen molar-refractivity contribution >= 4 is 12.0 Å². The van der Waals surface area contributed by atoms with Crippen molar-refractivity contribution in [1.29, 1.82) is 0 Å². The van der Waals surface area contributed by atoms with Gasteiger partial charge in [-0.3, -0.25) is 4.79 Å². The number of hydrogen-bond acceptors (Lipinski definition) is 5. The third-order valence-corrected chi connectivity index (χ3v) is 4.40. The second-order valence-corrected chi connectivity index (χ2v) is 8.48. The summed E-state index contributed by atoms with van der Waals surface area (Å²) < 4.78 is 5.31. The van der Waals surface area contributed by atoms with Crippen molar-refractivity contribution in [2.75, 3.05) is 6.54 Å². The maximum Gasteiger partial charge on any atom is 0.407 e. The highest BCUT2D eigenvalue weighted by atomic mass is 16.6. The molecule has 0 unspecified atom stereocenters.